The van der Waals surface area contributed by atoms with Crippen LogP contribution in [0, 0.1) is 11.8 Å². The monoisotopic (exact) mass is 242 g/mol. The molecule has 100 valence electrons. The Morgan fingerprint density at radius 1 is 0.765 bits per heavy atom. The van der Waals surface area contributed by atoms with Gasteiger partial charge < -0.3 is 10.6 Å². The van der Waals surface area contributed by atoms with Gasteiger partial charge in [0.2, 0.25) is 11.8 Å². The third-order valence-corrected chi connectivity index (χ3v) is 2.50. The van der Waals surface area contributed by atoms with Crippen LogP contribution in [0.2, 0.25) is 0 Å². The quantitative estimate of drug-likeness (QED) is 0.636. The molecule has 0 aliphatic carbocycles. The van der Waals surface area contributed by atoms with Gasteiger partial charge in [-0.2, -0.15) is 0 Å². The largest absolute Gasteiger partial charge is 0.356 e. The molecule has 0 unspecified atom stereocenters. The predicted molar refractivity (Wildman–Crippen MR) is 69.5 cm³/mol. The molecule has 0 rings (SSSR count). The first kappa shape index (κ1) is 15.9. The highest BCUT2D eigenvalue weighted by molar-refractivity contribution is 5.78. The summed E-state index contributed by atoms with van der Waals surface area (Å²) >= 11 is 0. The van der Waals surface area contributed by atoms with E-state index in [0.717, 1.165) is 32.4 Å². The van der Waals surface area contributed by atoms with Crippen LogP contribution in [0.3, 0.4) is 0 Å². The molecule has 0 aromatic carbocycles. The summed E-state index contributed by atoms with van der Waals surface area (Å²) < 4.78 is 0. The molecule has 2 N–H and O–H groups in total. The Hall–Kier alpha value is -1.06. The zero-order valence-electron chi connectivity index (χ0n) is 11.5. The van der Waals surface area contributed by atoms with E-state index in [4.69, 9.17) is 0 Å². The topological polar surface area (TPSA) is 58.2 Å². The van der Waals surface area contributed by atoms with Crippen molar-refractivity contribution in [2.24, 2.45) is 11.8 Å². The zero-order chi connectivity index (χ0) is 13.3. The fourth-order valence-corrected chi connectivity index (χ4v) is 1.26. The van der Waals surface area contributed by atoms with E-state index in [1.807, 2.05) is 27.7 Å². The first-order chi connectivity index (χ1) is 7.95. The van der Waals surface area contributed by atoms with Crippen LogP contribution in [0.4, 0.5) is 0 Å². The van der Waals surface area contributed by atoms with Gasteiger partial charge in [0.25, 0.3) is 0 Å². The minimum atomic E-state index is 0.0559. The van der Waals surface area contributed by atoms with Crippen molar-refractivity contribution < 1.29 is 9.59 Å². The second kappa shape index (κ2) is 9.02. The van der Waals surface area contributed by atoms with Crippen molar-refractivity contribution in [1.29, 1.82) is 0 Å². The molecule has 4 nitrogen and oxygen atoms in total. The molecule has 0 aliphatic rings. The van der Waals surface area contributed by atoms with Crippen LogP contribution < -0.4 is 10.6 Å². The molecule has 0 atom stereocenters. The summed E-state index contributed by atoms with van der Waals surface area (Å²) in [5.74, 6) is 0.330. The van der Waals surface area contributed by atoms with Crippen LogP contribution in [-0.4, -0.2) is 24.9 Å². The van der Waals surface area contributed by atoms with Crippen molar-refractivity contribution in [3.63, 3.8) is 0 Å². The van der Waals surface area contributed by atoms with Crippen molar-refractivity contribution in [3.05, 3.63) is 0 Å². The Kier molecular flexibility index (Phi) is 8.46. The smallest absolute Gasteiger partial charge is 0.222 e. The van der Waals surface area contributed by atoms with Crippen LogP contribution in [-0.2, 0) is 9.59 Å². The van der Waals surface area contributed by atoms with E-state index in [-0.39, 0.29) is 23.7 Å². The lowest BCUT2D eigenvalue weighted by atomic mass is 10.2. The van der Waals surface area contributed by atoms with Gasteiger partial charge in [0.05, 0.1) is 0 Å². The van der Waals surface area contributed by atoms with Gasteiger partial charge in [-0.15, -0.1) is 0 Å². The first-order valence-corrected chi connectivity index (χ1v) is 6.50. The second-order valence-electron chi connectivity index (χ2n) is 4.95. The normalized spacial score (nSPS) is 10.7. The van der Waals surface area contributed by atoms with Crippen molar-refractivity contribution in [2.45, 2.75) is 47.0 Å². The van der Waals surface area contributed by atoms with E-state index < -0.39 is 0 Å². The highest BCUT2D eigenvalue weighted by atomic mass is 16.2. The molecule has 0 aliphatic heterocycles. The van der Waals surface area contributed by atoms with Crippen molar-refractivity contribution in [3.8, 4) is 0 Å². The Labute approximate surface area is 105 Å². The number of unbranched alkanes of at least 4 members (excludes halogenated alkanes) is 2. The summed E-state index contributed by atoms with van der Waals surface area (Å²) in [6, 6.07) is 0. The van der Waals surface area contributed by atoms with E-state index in [1.165, 1.54) is 0 Å². The van der Waals surface area contributed by atoms with E-state index >= 15 is 0 Å². The van der Waals surface area contributed by atoms with Crippen LogP contribution in [0.25, 0.3) is 0 Å². The third-order valence-electron chi connectivity index (χ3n) is 2.50. The molecule has 2 amide bonds. The average molecular weight is 242 g/mol. The lowest BCUT2D eigenvalue weighted by molar-refractivity contribution is -0.124. The summed E-state index contributed by atoms with van der Waals surface area (Å²) in [5, 5.41) is 5.75. The van der Waals surface area contributed by atoms with Gasteiger partial charge in [0, 0.05) is 24.9 Å². The molecule has 0 radical (unpaired) electrons. The van der Waals surface area contributed by atoms with Crippen molar-refractivity contribution in [2.75, 3.05) is 13.1 Å². The maximum atomic E-state index is 11.2. The van der Waals surface area contributed by atoms with Crippen LogP contribution in [0.15, 0.2) is 0 Å². The Bertz CT molecular complexity index is 214. The maximum Gasteiger partial charge on any atom is 0.222 e. The molecule has 0 heterocycles. The molecule has 0 bridgehead atoms. The minimum absolute atomic E-state index is 0.0559. The molecule has 0 spiro atoms. The Morgan fingerprint density at radius 3 is 1.41 bits per heavy atom. The Balaban J connectivity index is 3.30. The molecule has 4 heteroatoms. The standard InChI is InChI=1S/C13H26N2O2/c1-10(2)12(16)14-8-6-5-7-9-15-13(17)11(3)4/h10-11H,5-9H2,1-4H3,(H,14,16)(H,15,17). The summed E-state index contributed by atoms with van der Waals surface area (Å²) in [6.45, 7) is 9.01. The molecule has 0 aromatic rings. The average Bonchev–Trinajstić information content (AvgIpc) is 2.26. The molecule has 0 saturated carbocycles. The molecule has 17 heavy (non-hydrogen) atoms. The zero-order valence-corrected chi connectivity index (χ0v) is 11.5. The first-order valence-electron chi connectivity index (χ1n) is 6.50. The molecule has 0 aromatic heterocycles. The van der Waals surface area contributed by atoms with Crippen LogP contribution >= 0.6 is 0 Å². The number of amides is 2. The summed E-state index contributed by atoms with van der Waals surface area (Å²) in [4.78, 5) is 22.5. The van der Waals surface area contributed by atoms with Gasteiger partial charge in [-0.3, -0.25) is 9.59 Å². The van der Waals surface area contributed by atoms with Gasteiger partial charge in [-0.05, 0) is 19.3 Å². The molecule has 0 fully saturated rings. The summed E-state index contributed by atoms with van der Waals surface area (Å²) in [5.41, 5.74) is 0. The van der Waals surface area contributed by atoms with E-state index in [2.05, 4.69) is 10.6 Å². The second-order valence-corrected chi connectivity index (χ2v) is 4.95. The number of carbonyl (C=O) groups is 2. The van der Waals surface area contributed by atoms with Gasteiger partial charge in [-0.25, -0.2) is 0 Å². The number of nitrogens with one attached hydrogen (secondary N) is 2. The van der Waals surface area contributed by atoms with Crippen LogP contribution in [0.5, 0.6) is 0 Å². The lowest BCUT2D eigenvalue weighted by Crippen LogP contribution is -2.29. The fraction of sp³-hybridized carbons (Fsp3) is 0.846. The number of hydrogen-bond acceptors (Lipinski definition) is 2. The number of rotatable bonds is 8. The summed E-state index contributed by atoms with van der Waals surface area (Å²) in [7, 11) is 0. The van der Waals surface area contributed by atoms with E-state index in [9.17, 15) is 9.59 Å². The third kappa shape index (κ3) is 8.72. The Morgan fingerprint density at radius 2 is 1.12 bits per heavy atom. The molecule has 0 saturated heterocycles. The van der Waals surface area contributed by atoms with Gasteiger partial charge in [0.1, 0.15) is 0 Å². The van der Waals surface area contributed by atoms with Gasteiger partial charge in [-0.1, -0.05) is 27.7 Å². The SMILES string of the molecule is CC(C)C(=O)NCCCCCNC(=O)C(C)C. The highest BCUT2D eigenvalue weighted by Crippen LogP contribution is 1.96. The summed E-state index contributed by atoms with van der Waals surface area (Å²) in [6.07, 6.45) is 2.96. The van der Waals surface area contributed by atoms with Crippen LogP contribution in [0.1, 0.15) is 47.0 Å². The van der Waals surface area contributed by atoms with Crippen molar-refractivity contribution >= 4 is 11.8 Å². The van der Waals surface area contributed by atoms with Gasteiger partial charge in [0.15, 0.2) is 0 Å². The predicted octanol–water partition coefficient (Wildman–Crippen LogP) is 1.70. The maximum absolute atomic E-state index is 11.2. The highest BCUT2D eigenvalue weighted by Gasteiger charge is 2.05. The lowest BCUT2D eigenvalue weighted by Gasteiger charge is -2.08. The van der Waals surface area contributed by atoms with Gasteiger partial charge >= 0.3 is 0 Å². The van der Waals surface area contributed by atoms with E-state index in [1.54, 1.807) is 0 Å². The van der Waals surface area contributed by atoms with E-state index in [0.29, 0.717) is 0 Å². The van der Waals surface area contributed by atoms with Crippen molar-refractivity contribution in [1.82, 2.24) is 10.6 Å². The molecular weight excluding hydrogens is 216 g/mol. The molecular formula is C13H26N2O2. The number of carbonyl (C=O) groups excluding carboxylic acids is 2. The minimum Gasteiger partial charge on any atom is -0.356 e. The number of hydrogen-bond donors (Lipinski definition) is 2. The fourth-order valence-electron chi connectivity index (χ4n) is 1.26.